The van der Waals surface area contributed by atoms with Crippen LogP contribution >= 0.6 is 0 Å². The maximum Gasteiger partial charge on any atom is 0.323 e. The molecule has 148 valence electrons. The number of anilines is 3. The fraction of sp³-hybridized carbons (Fsp3) is 0.381. The molecule has 1 fully saturated rings. The zero-order valence-corrected chi connectivity index (χ0v) is 16.4. The molecule has 3 N–H and O–H groups in total. The monoisotopic (exact) mass is 381 g/mol. The van der Waals surface area contributed by atoms with E-state index in [-0.39, 0.29) is 17.9 Å². The number of pyridine rings is 1. The molecule has 7 heteroatoms. The van der Waals surface area contributed by atoms with Gasteiger partial charge in [0.1, 0.15) is 5.82 Å². The molecule has 0 saturated carbocycles. The van der Waals surface area contributed by atoms with Gasteiger partial charge < -0.3 is 20.9 Å². The Morgan fingerprint density at radius 1 is 1.11 bits per heavy atom. The molecule has 1 aliphatic heterocycles. The zero-order chi connectivity index (χ0) is 19.9. The van der Waals surface area contributed by atoms with Crippen molar-refractivity contribution in [2.45, 2.75) is 26.2 Å². The third kappa shape index (κ3) is 5.00. The van der Waals surface area contributed by atoms with Gasteiger partial charge in [0.15, 0.2) is 0 Å². The quantitative estimate of drug-likeness (QED) is 0.742. The van der Waals surface area contributed by atoms with Crippen molar-refractivity contribution < 1.29 is 9.59 Å². The van der Waals surface area contributed by atoms with Crippen LogP contribution in [0.5, 0.6) is 0 Å². The number of hydrogen-bond acceptors (Lipinski definition) is 4. The van der Waals surface area contributed by atoms with Gasteiger partial charge in [0.25, 0.3) is 0 Å². The SMILES string of the molecule is CCc1cccc(NC(=O)Nc2ccc(N3CCC(C(=O)NC)CC3)nc2)c1. The number of hydrogen-bond donors (Lipinski definition) is 3. The lowest BCUT2D eigenvalue weighted by atomic mass is 9.96. The normalized spacial score (nSPS) is 14.4. The van der Waals surface area contributed by atoms with E-state index in [1.165, 1.54) is 5.56 Å². The summed E-state index contributed by atoms with van der Waals surface area (Å²) in [5.74, 6) is 1.05. The molecule has 3 amide bonds. The van der Waals surface area contributed by atoms with Gasteiger partial charge in [0.05, 0.1) is 11.9 Å². The molecule has 7 nitrogen and oxygen atoms in total. The molecule has 1 saturated heterocycles. The second-order valence-electron chi connectivity index (χ2n) is 6.91. The Labute approximate surface area is 165 Å². The second-order valence-corrected chi connectivity index (χ2v) is 6.91. The Bertz CT molecular complexity index is 814. The summed E-state index contributed by atoms with van der Waals surface area (Å²) in [6, 6.07) is 11.2. The summed E-state index contributed by atoms with van der Waals surface area (Å²) < 4.78 is 0. The summed E-state index contributed by atoms with van der Waals surface area (Å²) in [7, 11) is 1.68. The Hall–Kier alpha value is -3.09. The number of carbonyl (C=O) groups excluding carboxylic acids is 2. The number of carbonyl (C=O) groups is 2. The van der Waals surface area contributed by atoms with Gasteiger partial charge in [-0.1, -0.05) is 19.1 Å². The van der Waals surface area contributed by atoms with Gasteiger partial charge in [-0.2, -0.15) is 0 Å². The average Bonchev–Trinajstić information content (AvgIpc) is 2.74. The molecule has 1 aromatic heterocycles. The molecule has 0 bridgehead atoms. The van der Waals surface area contributed by atoms with E-state index in [1.807, 2.05) is 36.4 Å². The molecule has 0 radical (unpaired) electrons. The van der Waals surface area contributed by atoms with Gasteiger partial charge in [0, 0.05) is 31.7 Å². The number of piperidine rings is 1. The maximum atomic E-state index is 12.2. The second kappa shape index (κ2) is 9.21. The minimum atomic E-state index is -0.297. The van der Waals surface area contributed by atoms with Gasteiger partial charge in [0.2, 0.25) is 5.91 Å². The smallest absolute Gasteiger partial charge is 0.323 e. The molecule has 28 heavy (non-hydrogen) atoms. The van der Waals surface area contributed by atoms with Gasteiger partial charge in [-0.15, -0.1) is 0 Å². The topological polar surface area (TPSA) is 86.4 Å². The summed E-state index contributed by atoms with van der Waals surface area (Å²) in [4.78, 5) is 30.6. The van der Waals surface area contributed by atoms with Crippen LogP contribution in [0.25, 0.3) is 0 Å². The highest BCUT2D eigenvalue weighted by Gasteiger charge is 2.24. The summed E-state index contributed by atoms with van der Waals surface area (Å²) in [5, 5.41) is 8.36. The van der Waals surface area contributed by atoms with Crippen molar-refractivity contribution in [3.05, 3.63) is 48.2 Å². The standard InChI is InChI=1S/C21H27N5O2/c1-3-15-5-4-6-17(13-15)24-21(28)25-18-7-8-19(23-14-18)26-11-9-16(10-12-26)20(27)22-2/h4-8,13-14,16H,3,9-12H2,1-2H3,(H,22,27)(H2,24,25,28). The molecule has 0 spiro atoms. The zero-order valence-electron chi connectivity index (χ0n) is 16.4. The highest BCUT2D eigenvalue weighted by molar-refractivity contribution is 5.99. The lowest BCUT2D eigenvalue weighted by Crippen LogP contribution is -2.39. The van der Waals surface area contributed by atoms with Gasteiger partial charge >= 0.3 is 6.03 Å². The molecule has 2 aromatic rings. The molecular weight excluding hydrogens is 354 g/mol. The highest BCUT2D eigenvalue weighted by atomic mass is 16.2. The van der Waals surface area contributed by atoms with E-state index in [0.717, 1.165) is 43.9 Å². The molecular formula is C21H27N5O2. The number of rotatable bonds is 5. The summed E-state index contributed by atoms with van der Waals surface area (Å²) >= 11 is 0. The molecule has 1 aliphatic rings. The van der Waals surface area contributed by atoms with Gasteiger partial charge in [-0.25, -0.2) is 9.78 Å². The Balaban J connectivity index is 1.53. The molecule has 0 unspecified atom stereocenters. The number of nitrogens with one attached hydrogen (secondary N) is 3. The van der Waals surface area contributed by atoms with Crippen molar-refractivity contribution in [1.29, 1.82) is 0 Å². The van der Waals surface area contributed by atoms with Crippen LogP contribution in [0.15, 0.2) is 42.6 Å². The first-order valence-corrected chi connectivity index (χ1v) is 9.68. The van der Waals surface area contributed by atoms with E-state index in [1.54, 1.807) is 13.2 Å². The minimum absolute atomic E-state index is 0.0806. The van der Waals surface area contributed by atoms with Crippen molar-refractivity contribution in [1.82, 2.24) is 10.3 Å². The van der Waals surface area contributed by atoms with Crippen LogP contribution in [0.1, 0.15) is 25.3 Å². The van der Waals surface area contributed by atoms with Gasteiger partial charge in [-0.05, 0) is 49.1 Å². The van der Waals surface area contributed by atoms with Crippen LogP contribution in [0, 0.1) is 5.92 Å². The molecule has 0 atom stereocenters. The van der Waals surface area contributed by atoms with Crippen molar-refractivity contribution in [3.63, 3.8) is 0 Å². The largest absolute Gasteiger partial charge is 0.359 e. The lowest BCUT2D eigenvalue weighted by Gasteiger charge is -2.32. The highest BCUT2D eigenvalue weighted by Crippen LogP contribution is 2.23. The third-order valence-corrected chi connectivity index (χ3v) is 5.03. The number of nitrogens with zero attached hydrogens (tertiary/aromatic N) is 2. The van der Waals surface area contributed by atoms with Crippen LogP contribution in [0.3, 0.4) is 0 Å². The van der Waals surface area contributed by atoms with Crippen molar-refractivity contribution >= 4 is 29.1 Å². The van der Waals surface area contributed by atoms with Crippen LogP contribution in [0.4, 0.5) is 22.0 Å². The third-order valence-electron chi connectivity index (χ3n) is 5.03. The van der Waals surface area contributed by atoms with E-state index in [4.69, 9.17) is 0 Å². The average molecular weight is 381 g/mol. The van der Waals surface area contributed by atoms with Crippen LogP contribution in [-0.4, -0.2) is 37.1 Å². The first-order valence-electron chi connectivity index (χ1n) is 9.68. The molecule has 2 heterocycles. The molecule has 1 aromatic carbocycles. The number of aromatic nitrogens is 1. The number of aryl methyl sites for hydroxylation is 1. The molecule has 0 aliphatic carbocycles. The minimum Gasteiger partial charge on any atom is -0.359 e. The van der Waals surface area contributed by atoms with Crippen LogP contribution < -0.4 is 20.9 Å². The Morgan fingerprint density at radius 3 is 2.50 bits per heavy atom. The van der Waals surface area contributed by atoms with Crippen molar-refractivity contribution in [2.24, 2.45) is 5.92 Å². The van der Waals surface area contributed by atoms with E-state index >= 15 is 0 Å². The predicted molar refractivity (Wildman–Crippen MR) is 112 cm³/mol. The van der Waals surface area contributed by atoms with Crippen molar-refractivity contribution in [2.75, 3.05) is 35.7 Å². The van der Waals surface area contributed by atoms with E-state index in [2.05, 4.69) is 32.8 Å². The number of amides is 3. The first-order chi connectivity index (χ1) is 13.6. The van der Waals surface area contributed by atoms with E-state index in [0.29, 0.717) is 5.69 Å². The van der Waals surface area contributed by atoms with Crippen LogP contribution in [-0.2, 0) is 11.2 Å². The summed E-state index contributed by atoms with van der Waals surface area (Å²) in [6.07, 6.45) is 4.21. The maximum absolute atomic E-state index is 12.2. The fourth-order valence-corrected chi connectivity index (χ4v) is 3.38. The predicted octanol–water partition coefficient (Wildman–Crippen LogP) is 3.25. The number of benzene rings is 1. The lowest BCUT2D eigenvalue weighted by molar-refractivity contribution is -0.125. The Morgan fingerprint density at radius 2 is 1.86 bits per heavy atom. The first kappa shape index (κ1) is 19.7. The van der Waals surface area contributed by atoms with Gasteiger partial charge in [-0.3, -0.25) is 4.79 Å². The number of urea groups is 1. The fourth-order valence-electron chi connectivity index (χ4n) is 3.38. The summed E-state index contributed by atoms with van der Waals surface area (Å²) in [6.45, 7) is 3.67. The van der Waals surface area contributed by atoms with E-state index in [9.17, 15) is 9.59 Å². The summed E-state index contributed by atoms with van der Waals surface area (Å²) in [5.41, 5.74) is 2.57. The van der Waals surface area contributed by atoms with Crippen LogP contribution in [0.2, 0.25) is 0 Å². The van der Waals surface area contributed by atoms with Crippen molar-refractivity contribution in [3.8, 4) is 0 Å². The Kier molecular flexibility index (Phi) is 6.47. The molecule has 3 rings (SSSR count). The van der Waals surface area contributed by atoms with E-state index < -0.39 is 0 Å².